The number of rotatable bonds is 2. The van der Waals surface area contributed by atoms with Gasteiger partial charge in [-0.1, -0.05) is 109 Å². The molecule has 1 aromatic heterocycles. The van der Waals surface area contributed by atoms with Gasteiger partial charge in [0.05, 0.1) is 0 Å². The molecular formula is C37H24O. The van der Waals surface area contributed by atoms with Gasteiger partial charge in [0.25, 0.3) is 0 Å². The fraction of sp³-hybridized carbons (Fsp3) is 0.0270. The Kier molecular flexibility index (Phi) is 4.50. The molecule has 0 atom stereocenters. The smallest absolute Gasteiger partial charge is 0.136 e. The standard InChI is InChI=1S/C37H24O/c1-23-27(19-20-33-35(23)32-21-25-13-5-6-14-26(25)22-34(32)38-33)37-30-17-9-7-15-28(30)36(24-11-3-2-4-12-24)29-16-8-10-18-31(29)37/h2-22H,1H3. The van der Waals surface area contributed by atoms with Gasteiger partial charge in [-0.3, -0.25) is 0 Å². The van der Waals surface area contributed by atoms with E-state index in [2.05, 4.69) is 134 Å². The van der Waals surface area contributed by atoms with Gasteiger partial charge in [0.1, 0.15) is 11.2 Å². The van der Waals surface area contributed by atoms with Crippen molar-refractivity contribution in [2.75, 3.05) is 0 Å². The first kappa shape index (κ1) is 21.2. The van der Waals surface area contributed by atoms with E-state index in [0.717, 1.165) is 11.2 Å². The molecule has 1 heteroatoms. The molecule has 0 spiro atoms. The van der Waals surface area contributed by atoms with Crippen LogP contribution in [0.1, 0.15) is 5.56 Å². The van der Waals surface area contributed by atoms with Crippen LogP contribution in [0.4, 0.5) is 0 Å². The van der Waals surface area contributed by atoms with E-state index in [1.165, 1.54) is 70.9 Å². The van der Waals surface area contributed by atoms with Gasteiger partial charge in [-0.2, -0.15) is 0 Å². The lowest BCUT2D eigenvalue weighted by atomic mass is 9.84. The molecule has 0 bridgehead atoms. The molecule has 0 saturated heterocycles. The average molecular weight is 485 g/mol. The van der Waals surface area contributed by atoms with Crippen molar-refractivity contribution in [3.8, 4) is 22.3 Å². The molecule has 38 heavy (non-hydrogen) atoms. The maximum absolute atomic E-state index is 6.38. The summed E-state index contributed by atoms with van der Waals surface area (Å²) >= 11 is 0. The summed E-state index contributed by atoms with van der Waals surface area (Å²) in [5.41, 5.74) is 8.19. The van der Waals surface area contributed by atoms with Crippen molar-refractivity contribution in [1.29, 1.82) is 0 Å². The Morgan fingerprint density at radius 3 is 1.66 bits per heavy atom. The van der Waals surface area contributed by atoms with Crippen molar-refractivity contribution < 1.29 is 4.42 Å². The molecule has 0 unspecified atom stereocenters. The van der Waals surface area contributed by atoms with Crippen LogP contribution in [-0.4, -0.2) is 0 Å². The summed E-state index contributed by atoms with van der Waals surface area (Å²) in [6.07, 6.45) is 0. The van der Waals surface area contributed by atoms with Crippen LogP contribution in [0, 0.1) is 6.92 Å². The third kappa shape index (κ3) is 2.99. The second-order valence-corrected chi connectivity index (χ2v) is 10.1. The van der Waals surface area contributed by atoms with Gasteiger partial charge in [-0.05, 0) is 85.3 Å². The minimum Gasteiger partial charge on any atom is -0.456 e. The van der Waals surface area contributed by atoms with Gasteiger partial charge in [-0.15, -0.1) is 0 Å². The first-order valence-electron chi connectivity index (χ1n) is 13.1. The predicted molar refractivity (Wildman–Crippen MR) is 162 cm³/mol. The highest BCUT2D eigenvalue weighted by Crippen LogP contribution is 2.46. The Morgan fingerprint density at radius 1 is 0.447 bits per heavy atom. The van der Waals surface area contributed by atoms with E-state index < -0.39 is 0 Å². The molecule has 0 amide bonds. The molecule has 0 aliphatic carbocycles. The van der Waals surface area contributed by atoms with Gasteiger partial charge < -0.3 is 4.42 Å². The molecule has 178 valence electrons. The molecule has 0 radical (unpaired) electrons. The van der Waals surface area contributed by atoms with Crippen molar-refractivity contribution >= 4 is 54.3 Å². The number of hydrogen-bond donors (Lipinski definition) is 0. The first-order chi connectivity index (χ1) is 18.8. The Bertz CT molecular complexity index is 2120. The summed E-state index contributed by atoms with van der Waals surface area (Å²) in [4.78, 5) is 0. The largest absolute Gasteiger partial charge is 0.456 e. The topological polar surface area (TPSA) is 13.1 Å². The maximum atomic E-state index is 6.38. The van der Waals surface area contributed by atoms with Crippen LogP contribution in [0.2, 0.25) is 0 Å². The number of furan rings is 1. The van der Waals surface area contributed by atoms with Crippen LogP contribution in [0.5, 0.6) is 0 Å². The molecule has 0 fully saturated rings. The second kappa shape index (κ2) is 8.06. The summed E-state index contributed by atoms with van der Waals surface area (Å²) in [5, 5.41) is 9.89. The normalized spacial score (nSPS) is 11.8. The highest BCUT2D eigenvalue weighted by atomic mass is 16.3. The number of aryl methyl sites for hydroxylation is 1. The minimum absolute atomic E-state index is 0.936. The molecule has 8 aromatic rings. The van der Waals surface area contributed by atoms with Crippen molar-refractivity contribution in [2.24, 2.45) is 0 Å². The van der Waals surface area contributed by atoms with Gasteiger partial charge in [-0.25, -0.2) is 0 Å². The monoisotopic (exact) mass is 484 g/mol. The van der Waals surface area contributed by atoms with Crippen LogP contribution in [-0.2, 0) is 0 Å². The highest BCUT2D eigenvalue weighted by Gasteiger charge is 2.20. The SMILES string of the molecule is Cc1c(-c2c3ccccc3c(-c3ccccc3)c3ccccc23)ccc2oc3cc4ccccc4cc3c12. The highest BCUT2D eigenvalue weighted by molar-refractivity contribution is 6.23. The lowest BCUT2D eigenvalue weighted by molar-refractivity contribution is 0.669. The molecule has 8 rings (SSSR count). The molecule has 0 aliphatic heterocycles. The molecule has 7 aromatic carbocycles. The van der Waals surface area contributed by atoms with E-state index in [1.807, 2.05) is 0 Å². The van der Waals surface area contributed by atoms with Crippen LogP contribution in [0.15, 0.2) is 132 Å². The maximum Gasteiger partial charge on any atom is 0.136 e. The Labute approximate surface area is 220 Å². The summed E-state index contributed by atoms with van der Waals surface area (Å²) < 4.78 is 6.38. The summed E-state index contributed by atoms with van der Waals surface area (Å²) in [6, 6.07) is 45.8. The molecule has 1 heterocycles. The van der Waals surface area contributed by atoms with E-state index in [0.29, 0.717) is 0 Å². The zero-order valence-electron chi connectivity index (χ0n) is 21.0. The summed E-state index contributed by atoms with van der Waals surface area (Å²) in [7, 11) is 0. The zero-order chi connectivity index (χ0) is 25.2. The fourth-order valence-corrected chi connectivity index (χ4v) is 6.33. The van der Waals surface area contributed by atoms with E-state index in [4.69, 9.17) is 4.42 Å². The third-order valence-corrected chi connectivity index (χ3v) is 8.03. The van der Waals surface area contributed by atoms with Gasteiger partial charge in [0, 0.05) is 10.8 Å². The summed E-state index contributed by atoms with van der Waals surface area (Å²) in [6.45, 7) is 2.25. The van der Waals surface area contributed by atoms with E-state index in [9.17, 15) is 0 Å². The molecule has 0 N–H and O–H groups in total. The Hall–Kier alpha value is -4.88. The van der Waals surface area contributed by atoms with Crippen molar-refractivity contribution in [3.05, 3.63) is 133 Å². The quantitative estimate of drug-likeness (QED) is 0.222. The average Bonchev–Trinajstić information content (AvgIpc) is 3.33. The fourth-order valence-electron chi connectivity index (χ4n) is 6.33. The van der Waals surface area contributed by atoms with E-state index in [-0.39, 0.29) is 0 Å². The second-order valence-electron chi connectivity index (χ2n) is 10.1. The summed E-state index contributed by atoms with van der Waals surface area (Å²) in [5.74, 6) is 0. The van der Waals surface area contributed by atoms with Crippen molar-refractivity contribution in [3.63, 3.8) is 0 Å². The first-order valence-corrected chi connectivity index (χ1v) is 13.1. The van der Waals surface area contributed by atoms with Crippen LogP contribution < -0.4 is 0 Å². The van der Waals surface area contributed by atoms with E-state index in [1.54, 1.807) is 0 Å². The lowest BCUT2D eigenvalue weighted by Gasteiger charge is -2.19. The van der Waals surface area contributed by atoms with Crippen molar-refractivity contribution in [1.82, 2.24) is 0 Å². The zero-order valence-corrected chi connectivity index (χ0v) is 21.0. The van der Waals surface area contributed by atoms with Crippen LogP contribution in [0.3, 0.4) is 0 Å². The molecule has 0 saturated carbocycles. The van der Waals surface area contributed by atoms with Crippen LogP contribution in [0.25, 0.3) is 76.5 Å². The Balaban J connectivity index is 1.51. The molecular weight excluding hydrogens is 460 g/mol. The van der Waals surface area contributed by atoms with Gasteiger partial charge in [0.2, 0.25) is 0 Å². The number of benzene rings is 7. The van der Waals surface area contributed by atoms with Gasteiger partial charge in [0.15, 0.2) is 0 Å². The number of fused-ring (bicyclic) bond motifs is 6. The van der Waals surface area contributed by atoms with Gasteiger partial charge >= 0.3 is 0 Å². The predicted octanol–water partition coefficient (Wildman–Crippen LogP) is 10.7. The Morgan fingerprint density at radius 2 is 1.00 bits per heavy atom. The van der Waals surface area contributed by atoms with Crippen LogP contribution >= 0.6 is 0 Å². The molecule has 0 aliphatic rings. The number of hydrogen-bond acceptors (Lipinski definition) is 1. The third-order valence-electron chi connectivity index (χ3n) is 8.03. The van der Waals surface area contributed by atoms with E-state index >= 15 is 0 Å². The molecule has 1 nitrogen and oxygen atoms in total. The lowest BCUT2D eigenvalue weighted by Crippen LogP contribution is -1.92. The minimum atomic E-state index is 0.936. The van der Waals surface area contributed by atoms with Crippen molar-refractivity contribution in [2.45, 2.75) is 6.92 Å².